The largest absolute Gasteiger partial charge is 0.352 e. The van der Waals surface area contributed by atoms with Gasteiger partial charge in [0.2, 0.25) is 5.91 Å². The molecule has 0 aliphatic heterocycles. The van der Waals surface area contributed by atoms with Crippen LogP contribution in [0.3, 0.4) is 0 Å². The van der Waals surface area contributed by atoms with Gasteiger partial charge in [-0.05, 0) is 55.2 Å². The molecule has 1 amide bonds. The first-order chi connectivity index (χ1) is 16.4. The van der Waals surface area contributed by atoms with E-state index >= 15 is 0 Å². The van der Waals surface area contributed by atoms with E-state index in [4.69, 9.17) is 11.6 Å². The van der Waals surface area contributed by atoms with Crippen LogP contribution in [-0.4, -0.2) is 21.1 Å². The van der Waals surface area contributed by atoms with Crippen LogP contribution < -0.4 is 16.6 Å². The number of carbonyl (C=O) groups is 1. The second-order valence-electron chi connectivity index (χ2n) is 8.40. The van der Waals surface area contributed by atoms with Crippen molar-refractivity contribution in [3.8, 4) is 0 Å². The number of carbonyl (C=O) groups excluding carboxylic acids is 1. The van der Waals surface area contributed by atoms with Crippen molar-refractivity contribution in [2.75, 3.05) is 0 Å². The summed E-state index contributed by atoms with van der Waals surface area (Å²) in [5.74, 6) is -0.277. The Morgan fingerprint density at radius 3 is 2.38 bits per heavy atom. The van der Waals surface area contributed by atoms with Crippen LogP contribution in [0.2, 0.25) is 5.02 Å². The molecule has 6 nitrogen and oxygen atoms in total. The van der Waals surface area contributed by atoms with Gasteiger partial charge in [0.25, 0.3) is 5.56 Å². The zero-order valence-corrected chi connectivity index (χ0v) is 19.7. The molecule has 0 unspecified atom stereocenters. The number of rotatable bonds is 8. The van der Waals surface area contributed by atoms with Gasteiger partial charge in [-0.2, -0.15) is 0 Å². The maximum Gasteiger partial charge on any atom is 0.332 e. The van der Waals surface area contributed by atoms with Crippen LogP contribution in [0, 0.1) is 0 Å². The average molecular weight is 476 g/mol. The van der Waals surface area contributed by atoms with Crippen molar-refractivity contribution in [2.45, 2.75) is 38.9 Å². The topological polar surface area (TPSA) is 73.1 Å². The van der Waals surface area contributed by atoms with Crippen LogP contribution >= 0.6 is 11.6 Å². The number of benzene rings is 3. The number of para-hydroxylation sites is 1. The Morgan fingerprint density at radius 1 is 0.912 bits per heavy atom. The normalized spacial score (nSPS) is 11.9. The van der Waals surface area contributed by atoms with Crippen LogP contribution in [0.15, 0.2) is 88.5 Å². The van der Waals surface area contributed by atoms with Gasteiger partial charge in [-0.1, -0.05) is 66.2 Å². The zero-order valence-electron chi connectivity index (χ0n) is 18.9. The van der Waals surface area contributed by atoms with Crippen molar-refractivity contribution >= 4 is 28.4 Å². The molecule has 1 N–H and O–H groups in total. The summed E-state index contributed by atoms with van der Waals surface area (Å²) in [4.78, 5) is 39.3. The van der Waals surface area contributed by atoms with Crippen molar-refractivity contribution in [1.29, 1.82) is 0 Å². The summed E-state index contributed by atoms with van der Waals surface area (Å²) in [5, 5.41) is 3.89. The van der Waals surface area contributed by atoms with Crippen molar-refractivity contribution in [3.63, 3.8) is 0 Å². The molecule has 0 bridgehead atoms. The molecule has 0 spiro atoms. The minimum atomic E-state index is -0.532. The monoisotopic (exact) mass is 475 g/mol. The molecule has 0 aliphatic carbocycles. The third-order valence-electron chi connectivity index (χ3n) is 5.78. The molecule has 1 heterocycles. The lowest BCUT2D eigenvalue weighted by Crippen LogP contribution is -2.44. The van der Waals surface area contributed by atoms with E-state index < -0.39 is 11.2 Å². The second-order valence-corrected chi connectivity index (χ2v) is 8.84. The summed E-state index contributed by atoms with van der Waals surface area (Å²) in [6.45, 7) is 1.84. The molecule has 4 rings (SSSR count). The summed E-state index contributed by atoms with van der Waals surface area (Å²) < 4.78 is 2.51. The molecule has 0 aliphatic rings. The number of fused-ring (bicyclic) bond motifs is 1. The fourth-order valence-corrected chi connectivity index (χ4v) is 4.26. The van der Waals surface area contributed by atoms with E-state index in [0.717, 1.165) is 23.0 Å². The van der Waals surface area contributed by atoms with Crippen LogP contribution in [0.5, 0.6) is 0 Å². The second kappa shape index (κ2) is 10.5. The molecule has 3 aromatic carbocycles. The number of aryl methyl sites for hydroxylation is 1. The van der Waals surface area contributed by atoms with E-state index in [1.165, 1.54) is 10.1 Å². The fourth-order valence-electron chi connectivity index (χ4n) is 4.05. The lowest BCUT2D eigenvalue weighted by molar-refractivity contribution is -0.122. The minimum absolute atomic E-state index is 0.0629. The molecule has 7 heteroatoms. The summed E-state index contributed by atoms with van der Waals surface area (Å²) in [7, 11) is 0. The van der Waals surface area contributed by atoms with Crippen molar-refractivity contribution in [1.82, 2.24) is 14.5 Å². The van der Waals surface area contributed by atoms with E-state index in [-0.39, 0.29) is 25.0 Å². The van der Waals surface area contributed by atoms with Gasteiger partial charge in [0.1, 0.15) is 6.54 Å². The Morgan fingerprint density at radius 2 is 1.62 bits per heavy atom. The first-order valence-electron chi connectivity index (χ1n) is 11.2. The Hall–Kier alpha value is -3.64. The molecule has 0 fully saturated rings. The van der Waals surface area contributed by atoms with E-state index in [1.807, 2.05) is 25.1 Å². The van der Waals surface area contributed by atoms with Gasteiger partial charge in [-0.15, -0.1) is 0 Å². The van der Waals surface area contributed by atoms with Gasteiger partial charge in [0, 0.05) is 11.1 Å². The Kier molecular flexibility index (Phi) is 7.28. The van der Waals surface area contributed by atoms with Crippen LogP contribution in [0.4, 0.5) is 0 Å². The number of hydrogen-bond donors (Lipinski definition) is 1. The lowest BCUT2D eigenvalue weighted by Gasteiger charge is -2.17. The summed E-state index contributed by atoms with van der Waals surface area (Å²) in [5.41, 5.74) is 1.45. The fraction of sp³-hybridized carbons (Fsp3) is 0.222. The third-order valence-corrected chi connectivity index (χ3v) is 6.01. The predicted molar refractivity (Wildman–Crippen MR) is 135 cm³/mol. The van der Waals surface area contributed by atoms with Gasteiger partial charge in [0.05, 0.1) is 17.4 Å². The van der Waals surface area contributed by atoms with Gasteiger partial charge in [-0.25, -0.2) is 4.79 Å². The highest BCUT2D eigenvalue weighted by Gasteiger charge is 2.16. The van der Waals surface area contributed by atoms with Crippen molar-refractivity contribution < 1.29 is 4.79 Å². The molecule has 34 heavy (non-hydrogen) atoms. The van der Waals surface area contributed by atoms with E-state index in [2.05, 4.69) is 17.4 Å². The highest BCUT2D eigenvalue weighted by atomic mass is 35.5. The molecule has 0 radical (unpaired) electrons. The Labute approximate surface area is 202 Å². The minimum Gasteiger partial charge on any atom is -0.352 e. The highest BCUT2D eigenvalue weighted by molar-refractivity contribution is 6.30. The summed E-state index contributed by atoms with van der Waals surface area (Å²) >= 11 is 6.08. The lowest BCUT2D eigenvalue weighted by atomic mass is 10.1. The molecule has 1 aromatic heterocycles. The number of amides is 1. The molecule has 1 atom stereocenters. The van der Waals surface area contributed by atoms with E-state index in [0.29, 0.717) is 15.9 Å². The predicted octanol–water partition coefficient (Wildman–Crippen LogP) is 4.00. The van der Waals surface area contributed by atoms with Gasteiger partial charge in [-0.3, -0.25) is 18.7 Å². The SMILES string of the molecule is C[C@@H](CCc1ccccc1)NC(=O)Cn1c(=O)n(Cc2cccc(Cl)c2)c(=O)c2ccccc21. The number of halogens is 1. The van der Waals surface area contributed by atoms with Crippen LogP contribution in [0.1, 0.15) is 24.5 Å². The summed E-state index contributed by atoms with van der Waals surface area (Å²) in [6.07, 6.45) is 1.62. The molecular weight excluding hydrogens is 450 g/mol. The smallest absolute Gasteiger partial charge is 0.332 e. The first-order valence-corrected chi connectivity index (χ1v) is 11.6. The van der Waals surface area contributed by atoms with Crippen molar-refractivity contribution in [3.05, 3.63) is 116 Å². The standard InChI is InChI=1S/C27H26ClN3O3/c1-19(14-15-20-8-3-2-4-9-20)29-25(32)18-30-24-13-6-5-12-23(24)26(33)31(27(30)34)17-21-10-7-11-22(28)16-21/h2-13,16,19H,14-15,17-18H2,1H3,(H,29,32)/t19-/m0/s1. The summed E-state index contributed by atoms with van der Waals surface area (Å²) in [6, 6.07) is 23.9. The quantitative estimate of drug-likeness (QED) is 0.418. The zero-order chi connectivity index (χ0) is 24.1. The Bertz CT molecular complexity index is 1430. The molecular formula is C27H26ClN3O3. The molecule has 0 saturated heterocycles. The van der Waals surface area contributed by atoms with Crippen LogP contribution in [-0.2, 0) is 24.3 Å². The Balaban J connectivity index is 1.58. The maximum absolute atomic E-state index is 13.3. The van der Waals surface area contributed by atoms with Gasteiger partial charge >= 0.3 is 5.69 Å². The number of hydrogen-bond acceptors (Lipinski definition) is 3. The molecule has 0 saturated carbocycles. The van der Waals surface area contributed by atoms with Gasteiger partial charge in [0.15, 0.2) is 0 Å². The van der Waals surface area contributed by atoms with E-state index in [1.54, 1.807) is 48.5 Å². The molecule has 4 aromatic rings. The van der Waals surface area contributed by atoms with E-state index in [9.17, 15) is 14.4 Å². The number of aromatic nitrogens is 2. The number of nitrogens with zero attached hydrogens (tertiary/aromatic N) is 2. The average Bonchev–Trinajstić information content (AvgIpc) is 2.84. The first kappa shape index (κ1) is 23.5. The maximum atomic E-state index is 13.3. The van der Waals surface area contributed by atoms with Crippen molar-refractivity contribution in [2.24, 2.45) is 0 Å². The van der Waals surface area contributed by atoms with Crippen LogP contribution in [0.25, 0.3) is 10.9 Å². The molecule has 174 valence electrons. The highest BCUT2D eigenvalue weighted by Crippen LogP contribution is 2.12. The third kappa shape index (κ3) is 5.46. The number of nitrogens with one attached hydrogen (secondary N) is 1. The van der Waals surface area contributed by atoms with Gasteiger partial charge < -0.3 is 5.32 Å².